The first kappa shape index (κ1) is 29.8. The molecule has 214 valence electrons. The van der Waals surface area contributed by atoms with Gasteiger partial charge in [-0.25, -0.2) is 4.98 Å². The van der Waals surface area contributed by atoms with Crippen molar-refractivity contribution in [2.75, 3.05) is 47.3 Å². The van der Waals surface area contributed by atoms with Crippen molar-refractivity contribution in [3.63, 3.8) is 0 Å². The molecule has 0 spiro atoms. The molecule has 0 radical (unpaired) electrons. The van der Waals surface area contributed by atoms with Crippen molar-refractivity contribution in [1.82, 2.24) is 30.0 Å². The van der Waals surface area contributed by atoms with E-state index in [4.69, 9.17) is 23.2 Å². The second-order valence-corrected chi connectivity index (χ2v) is 12.1. The van der Waals surface area contributed by atoms with Gasteiger partial charge in [0.15, 0.2) is 0 Å². The van der Waals surface area contributed by atoms with Crippen LogP contribution in [0, 0.1) is 0 Å². The van der Waals surface area contributed by atoms with Crippen LogP contribution >= 0.6 is 23.2 Å². The summed E-state index contributed by atoms with van der Waals surface area (Å²) in [6, 6.07) is 6.11. The molecule has 2 amide bonds. The number of likely N-dealkylation sites (tertiary alicyclic amines) is 1. The van der Waals surface area contributed by atoms with E-state index in [0.717, 1.165) is 69.4 Å². The molecule has 8 nitrogen and oxygen atoms in total. The highest BCUT2D eigenvalue weighted by Crippen LogP contribution is 2.37. The Morgan fingerprint density at radius 1 is 1.15 bits per heavy atom. The molecule has 2 aliphatic rings. The number of rotatable bonds is 10. The highest BCUT2D eigenvalue weighted by atomic mass is 35.5. The lowest BCUT2D eigenvalue weighted by atomic mass is 9.80. The zero-order valence-electron chi connectivity index (χ0n) is 23.4. The lowest BCUT2D eigenvalue weighted by molar-refractivity contribution is -0.148. The number of aromatic amines is 1. The molecule has 2 N–H and O–H groups in total. The Balaban J connectivity index is 1.53. The van der Waals surface area contributed by atoms with Gasteiger partial charge in [-0.05, 0) is 75.9 Å². The van der Waals surface area contributed by atoms with E-state index in [-0.39, 0.29) is 24.2 Å². The molecule has 10 heteroatoms. The number of H-pyrrole nitrogens is 1. The maximum Gasteiger partial charge on any atom is 0.242 e. The van der Waals surface area contributed by atoms with E-state index in [2.05, 4.69) is 20.2 Å². The number of carbonyl (C=O) groups is 2. The van der Waals surface area contributed by atoms with E-state index in [1.54, 1.807) is 22.3 Å². The summed E-state index contributed by atoms with van der Waals surface area (Å²) >= 11 is 12.7. The lowest BCUT2D eigenvalue weighted by Gasteiger charge is -2.51. The molecule has 0 saturated carbocycles. The van der Waals surface area contributed by atoms with Crippen LogP contribution in [0.3, 0.4) is 0 Å². The van der Waals surface area contributed by atoms with Crippen LogP contribution < -0.4 is 5.32 Å². The molecule has 2 aromatic rings. The van der Waals surface area contributed by atoms with Gasteiger partial charge < -0.3 is 20.1 Å². The van der Waals surface area contributed by atoms with Gasteiger partial charge in [-0.15, -0.1) is 0 Å². The largest absolute Gasteiger partial charge is 0.348 e. The minimum atomic E-state index is -0.449. The minimum absolute atomic E-state index is 0.0360. The number of piperidine rings is 2. The Hall–Kier alpha value is -2.13. The van der Waals surface area contributed by atoms with Crippen LogP contribution in [0.25, 0.3) is 0 Å². The monoisotopic (exact) mass is 576 g/mol. The fraction of sp³-hybridized carbons (Fsp3) is 0.621. The summed E-state index contributed by atoms with van der Waals surface area (Å²) in [4.78, 5) is 39.8. The summed E-state index contributed by atoms with van der Waals surface area (Å²) in [5.74, 6) is 0.350. The normalized spacial score (nSPS) is 20.4. The zero-order chi connectivity index (χ0) is 28.0. The van der Waals surface area contributed by atoms with Gasteiger partial charge in [-0.2, -0.15) is 0 Å². The van der Waals surface area contributed by atoms with Crippen molar-refractivity contribution in [3.05, 3.63) is 52.0 Å². The second-order valence-electron chi connectivity index (χ2n) is 11.3. The van der Waals surface area contributed by atoms with Crippen LogP contribution in [0.4, 0.5) is 0 Å². The number of amides is 2. The molecule has 0 bridgehead atoms. The molecular weight excluding hydrogens is 535 g/mol. The smallest absolute Gasteiger partial charge is 0.242 e. The Kier molecular flexibility index (Phi) is 10.3. The first-order chi connectivity index (χ1) is 18.7. The number of hydrogen-bond donors (Lipinski definition) is 2. The number of nitrogens with one attached hydrogen (secondary N) is 2. The number of halogens is 2. The number of imidazole rings is 1. The van der Waals surface area contributed by atoms with Crippen LogP contribution in [-0.4, -0.2) is 95.4 Å². The first-order valence-corrected chi connectivity index (χ1v) is 14.8. The summed E-state index contributed by atoms with van der Waals surface area (Å²) in [5.41, 5.74) is 1.43. The maximum atomic E-state index is 13.6. The lowest BCUT2D eigenvalue weighted by Crippen LogP contribution is -2.66. The summed E-state index contributed by atoms with van der Waals surface area (Å²) in [5, 5.41) is 4.50. The quantitative estimate of drug-likeness (QED) is 0.439. The average molecular weight is 578 g/mol. The predicted octanol–water partition coefficient (Wildman–Crippen LogP) is 4.35. The topological polar surface area (TPSA) is 84.6 Å². The van der Waals surface area contributed by atoms with Gasteiger partial charge in [0.1, 0.15) is 5.54 Å². The van der Waals surface area contributed by atoms with Crippen LogP contribution in [-0.2, 0) is 16.0 Å². The third-order valence-electron chi connectivity index (χ3n) is 8.49. The Morgan fingerprint density at radius 2 is 1.92 bits per heavy atom. The molecule has 1 aromatic heterocycles. The fourth-order valence-corrected chi connectivity index (χ4v) is 6.69. The molecule has 2 atom stereocenters. The number of hydrogen-bond acceptors (Lipinski definition) is 5. The zero-order valence-corrected chi connectivity index (χ0v) is 24.9. The predicted molar refractivity (Wildman–Crippen MR) is 156 cm³/mol. The molecule has 39 heavy (non-hydrogen) atoms. The molecule has 2 fully saturated rings. The van der Waals surface area contributed by atoms with E-state index in [9.17, 15) is 9.59 Å². The Morgan fingerprint density at radius 3 is 2.59 bits per heavy atom. The number of likely N-dealkylation sites (N-methyl/N-ethyl adjacent to an activating group) is 2. The highest BCUT2D eigenvalue weighted by Gasteiger charge is 2.48. The average Bonchev–Trinajstić information content (AvgIpc) is 3.45. The number of carbonyl (C=O) groups excluding carboxylic acids is 2. The molecule has 2 unspecified atom stereocenters. The number of aromatic nitrogens is 2. The van der Waals surface area contributed by atoms with Gasteiger partial charge in [-0.1, -0.05) is 35.7 Å². The molecule has 1 aromatic carbocycles. The minimum Gasteiger partial charge on any atom is -0.348 e. The third-order valence-corrected chi connectivity index (χ3v) is 9.23. The number of nitrogens with zero attached hydrogens (tertiary/aromatic N) is 4. The second kappa shape index (κ2) is 13.5. The van der Waals surface area contributed by atoms with Gasteiger partial charge in [0, 0.05) is 51.5 Å². The van der Waals surface area contributed by atoms with Gasteiger partial charge >= 0.3 is 0 Å². The van der Waals surface area contributed by atoms with Crippen LogP contribution in [0.1, 0.15) is 62.1 Å². The summed E-state index contributed by atoms with van der Waals surface area (Å²) in [6.45, 7) is 3.24. The van der Waals surface area contributed by atoms with E-state index in [0.29, 0.717) is 22.6 Å². The van der Waals surface area contributed by atoms with Crippen molar-refractivity contribution in [2.24, 2.45) is 0 Å². The SMILES string of the molecule is CN(C)C(=O)C1(N2CCCCC2CCC(CN(C)C(=O)Cc2cnc[nH]2)c2ccc(Cl)c(Cl)c2)CCNCC1. The maximum absolute atomic E-state index is 13.6. The molecule has 2 aliphatic heterocycles. The van der Waals surface area contributed by atoms with Gasteiger partial charge in [0.25, 0.3) is 0 Å². The van der Waals surface area contributed by atoms with Crippen LogP contribution in [0.5, 0.6) is 0 Å². The van der Waals surface area contributed by atoms with E-state index in [1.165, 1.54) is 6.42 Å². The van der Waals surface area contributed by atoms with Crippen LogP contribution in [0.2, 0.25) is 10.0 Å². The van der Waals surface area contributed by atoms with Crippen molar-refractivity contribution in [2.45, 2.75) is 68.9 Å². The summed E-state index contributed by atoms with van der Waals surface area (Å²) < 4.78 is 0. The van der Waals surface area contributed by atoms with Gasteiger partial charge in [0.05, 0.1) is 22.8 Å². The third kappa shape index (κ3) is 7.15. The first-order valence-electron chi connectivity index (χ1n) is 14.1. The van der Waals surface area contributed by atoms with E-state index < -0.39 is 5.54 Å². The van der Waals surface area contributed by atoms with Crippen molar-refractivity contribution in [3.8, 4) is 0 Å². The van der Waals surface area contributed by atoms with E-state index in [1.807, 2.05) is 39.3 Å². The van der Waals surface area contributed by atoms with Crippen LogP contribution in [0.15, 0.2) is 30.7 Å². The fourth-order valence-electron chi connectivity index (χ4n) is 6.38. The molecule has 3 heterocycles. The summed E-state index contributed by atoms with van der Waals surface area (Å²) in [7, 11) is 5.61. The molecule has 4 rings (SSSR count). The highest BCUT2D eigenvalue weighted by molar-refractivity contribution is 6.42. The molecular formula is C29H42Cl2N6O2. The molecule has 2 saturated heterocycles. The Labute approximate surface area is 242 Å². The van der Waals surface area contributed by atoms with Gasteiger partial charge in [-0.3, -0.25) is 14.5 Å². The molecule has 0 aliphatic carbocycles. The summed E-state index contributed by atoms with van der Waals surface area (Å²) in [6.07, 6.45) is 10.4. The van der Waals surface area contributed by atoms with Crippen molar-refractivity contribution in [1.29, 1.82) is 0 Å². The van der Waals surface area contributed by atoms with Gasteiger partial charge in [0.2, 0.25) is 11.8 Å². The number of benzene rings is 1. The Bertz CT molecular complexity index is 1100. The van der Waals surface area contributed by atoms with Crippen molar-refractivity contribution >= 4 is 35.0 Å². The van der Waals surface area contributed by atoms with E-state index >= 15 is 0 Å². The van der Waals surface area contributed by atoms with Crippen molar-refractivity contribution < 1.29 is 9.59 Å². The standard InChI is InChI=1S/C29H42Cl2N6O2/c1-35(2)28(39)29(11-13-32-14-12-29)37-15-5-4-6-24(37)9-7-22(21-8-10-25(30)26(31)16-21)19-36(3)27(38)17-23-18-33-20-34-23/h8,10,16,18,20,22,24,32H,4-7,9,11-15,17,19H2,1-3H3,(H,33,34).